The third kappa shape index (κ3) is 3.93. The van der Waals surface area contributed by atoms with Crippen molar-refractivity contribution >= 4 is 5.91 Å². The Morgan fingerprint density at radius 2 is 1.82 bits per heavy atom. The summed E-state index contributed by atoms with van der Waals surface area (Å²) in [6.45, 7) is 1.62. The molecule has 1 aliphatic heterocycles. The molecule has 1 N–H and O–H groups in total. The Labute approximate surface area is 167 Å². The van der Waals surface area contributed by atoms with E-state index in [1.807, 2.05) is 18.2 Å². The number of amides is 1. The van der Waals surface area contributed by atoms with Gasteiger partial charge in [0, 0.05) is 24.4 Å². The van der Waals surface area contributed by atoms with Gasteiger partial charge in [0.1, 0.15) is 5.75 Å². The molecule has 1 saturated carbocycles. The summed E-state index contributed by atoms with van der Waals surface area (Å²) >= 11 is 0. The molecule has 0 unspecified atom stereocenters. The summed E-state index contributed by atoms with van der Waals surface area (Å²) in [6.07, 6.45) is 5.81. The van der Waals surface area contributed by atoms with Crippen molar-refractivity contribution in [3.05, 3.63) is 54.1 Å². The minimum absolute atomic E-state index is 0.0305. The first-order valence-corrected chi connectivity index (χ1v) is 10.3. The Morgan fingerprint density at radius 3 is 2.57 bits per heavy atom. The molecule has 2 fully saturated rings. The first-order valence-electron chi connectivity index (χ1n) is 10.3. The fraction of sp³-hybridized carbons (Fsp3) is 0.458. The minimum atomic E-state index is 0.0305. The predicted octanol–water partition coefficient (Wildman–Crippen LogP) is 4.89. The van der Waals surface area contributed by atoms with Gasteiger partial charge in [-0.15, -0.1) is 0 Å². The Balaban J connectivity index is 1.55. The van der Waals surface area contributed by atoms with Gasteiger partial charge >= 0.3 is 0 Å². The van der Waals surface area contributed by atoms with E-state index in [0.717, 1.165) is 36.1 Å². The number of fused-ring (bicyclic) bond motifs is 1. The molecular formula is C24H29NO3. The highest BCUT2D eigenvalue weighted by Gasteiger charge is 2.40. The topological polar surface area (TPSA) is 47.6 Å². The van der Waals surface area contributed by atoms with Crippen LogP contribution in [0.1, 0.15) is 50.7 Å². The number of hydrogen-bond acceptors (Lipinski definition) is 3. The highest BCUT2D eigenvalue weighted by Crippen LogP contribution is 2.42. The molecule has 1 heterocycles. The molecule has 1 amide bonds. The average molecular weight is 380 g/mol. The second kappa shape index (κ2) is 8.36. The molecule has 2 aromatic carbocycles. The molecule has 4 atom stereocenters. The van der Waals surface area contributed by atoms with E-state index >= 15 is 0 Å². The number of hydrogen-bond donors (Lipinski definition) is 1. The maximum Gasteiger partial charge on any atom is 0.217 e. The molecular weight excluding hydrogens is 350 g/mol. The van der Waals surface area contributed by atoms with E-state index in [0.29, 0.717) is 5.92 Å². The number of methoxy groups -OCH3 is 1. The summed E-state index contributed by atoms with van der Waals surface area (Å²) in [6, 6.07) is 16.8. The third-order valence-electron chi connectivity index (χ3n) is 6.17. The van der Waals surface area contributed by atoms with E-state index in [1.54, 1.807) is 14.0 Å². The van der Waals surface area contributed by atoms with E-state index in [9.17, 15) is 4.79 Å². The zero-order valence-corrected chi connectivity index (χ0v) is 16.7. The van der Waals surface area contributed by atoms with Crippen molar-refractivity contribution in [2.24, 2.45) is 5.92 Å². The molecule has 28 heavy (non-hydrogen) atoms. The first-order chi connectivity index (χ1) is 13.7. The van der Waals surface area contributed by atoms with Crippen LogP contribution in [0.25, 0.3) is 11.1 Å². The van der Waals surface area contributed by atoms with Gasteiger partial charge in [0.05, 0.1) is 19.3 Å². The normalized spacial score (nSPS) is 26.9. The van der Waals surface area contributed by atoms with E-state index < -0.39 is 0 Å². The highest BCUT2D eigenvalue weighted by molar-refractivity contribution is 5.73. The number of rotatable bonds is 4. The SMILES string of the molecule is COc1ccccc1-c1ccc([C@H]2C[C@@H](NC(C)=O)[C@@H]3CCCC[C@H]3O2)cc1. The van der Waals surface area contributed by atoms with Crippen molar-refractivity contribution in [2.45, 2.75) is 57.3 Å². The lowest BCUT2D eigenvalue weighted by atomic mass is 9.76. The van der Waals surface area contributed by atoms with Gasteiger partial charge in [0.25, 0.3) is 0 Å². The first kappa shape index (κ1) is 19.0. The van der Waals surface area contributed by atoms with Crippen LogP contribution in [-0.4, -0.2) is 25.2 Å². The Hall–Kier alpha value is -2.33. The third-order valence-corrected chi connectivity index (χ3v) is 6.17. The molecule has 1 aliphatic carbocycles. The fourth-order valence-corrected chi connectivity index (χ4v) is 4.83. The summed E-state index contributed by atoms with van der Waals surface area (Å²) in [5, 5.41) is 3.20. The van der Waals surface area contributed by atoms with Crippen molar-refractivity contribution in [3.8, 4) is 16.9 Å². The summed E-state index contributed by atoms with van der Waals surface area (Å²) < 4.78 is 12.0. The number of carbonyl (C=O) groups excluding carboxylic acids is 1. The van der Waals surface area contributed by atoms with Crippen LogP contribution < -0.4 is 10.1 Å². The second-order valence-electron chi connectivity index (χ2n) is 7.98. The zero-order chi connectivity index (χ0) is 19.5. The van der Waals surface area contributed by atoms with Crippen LogP contribution >= 0.6 is 0 Å². The van der Waals surface area contributed by atoms with Crippen LogP contribution in [0, 0.1) is 5.92 Å². The van der Waals surface area contributed by atoms with Crippen molar-refractivity contribution in [1.29, 1.82) is 0 Å². The summed E-state index contributed by atoms with van der Waals surface area (Å²) in [4.78, 5) is 11.7. The Kier molecular flexibility index (Phi) is 5.67. The van der Waals surface area contributed by atoms with Crippen LogP contribution in [-0.2, 0) is 9.53 Å². The maximum absolute atomic E-state index is 11.7. The Bertz CT molecular complexity index is 817. The molecule has 2 aromatic rings. The molecule has 1 saturated heterocycles. The van der Waals surface area contributed by atoms with E-state index in [1.165, 1.54) is 18.4 Å². The van der Waals surface area contributed by atoms with Gasteiger partial charge in [0.15, 0.2) is 0 Å². The lowest BCUT2D eigenvalue weighted by molar-refractivity contribution is -0.131. The molecule has 4 nitrogen and oxygen atoms in total. The lowest BCUT2D eigenvalue weighted by Gasteiger charge is -2.45. The summed E-state index contributed by atoms with van der Waals surface area (Å²) in [5.41, 5.74) is 3.40. The van der Waals surface area contributed by atoms with Gasteiger partial charge in [0.2, 0.25) is 5.91 Å². The molecule has 0 aromatic heterocycles. The van der Waals surface area contributed by atoms with E-state index in [-0.39, 0.29) is 24.2 Å². The Morgan fingerprint density at radius 1 is 1.07 bits per heavy atom. The molecule has 148 valence electrons. The van der Waals surface area contributed by atoms with E-state index in [4.69, 9.17) is 9.47 Å². The second-order valence-corrected chi connectivity index (χ2v) is 7.98. The van der Waals surface area contributed by atoms with Crippen LogP contribution in [0.2, 0.25) is 0 Å². The minimum Gasteiger partial charge on any atom is -0.496 e. The number of carbonyl (C=O) groups is 1. The van der Waals surface area contributed by atoms with Gasteiger partial charge in [-0.25, -0.2) is 0 Å². The van der Waals surface area contributed by atoms with Crippen LogP contribution in [0.3, 0.4) is 0 Å². The van der Waals surface area contributed by atoms with Crippen LogP contribution in [0.15, 0.2) is 48.5 Å². The van der Waals surface area contributed by atoms with Gasteiger partial charge < -0.3 is 14.8 Å². The van der Waals surface area contributed by atoms with Crippen molar-refractivity contribution in [3.63, 3.8) is 0 Å². The molecule has 0 spiro atoms. The fourth-order valence-electron chi connectivity index (χ4n) is 4.83. The molecule has 2 aliphatic rings. The number of ether oxygens (including phenoxy) is 2. The van der Waals surface area contributed by atoms with Gasteiger partial charge in [-0.05, 0) is 36.5 Å². The number of para-hydroxylation sites is 1. The molecule has 0 bridgehead atoms. The number of benzene rings is 2. The van der Waals surface area contributed by atoms with Crippen LogP contribution in [0.5, 0.6) is 5.75 Å². The van der Waals surface area contributed by atoms with Crippen LogP contribution in [0.4, 0.5) is 0 Å². The predicted molar refractivity (Wildman–Crippen MR) is 110 cm³/mol. The average Bonchev–Trinajstić information content (AvgIpc) is 2.73. The molecule has 4 heteroatoms. The lowest BCUT2D eigenvalue weighted by Crippen LogP contribution is -2.50. The maximum atomic E-state index is 11.7. The summed E-state index contributed by atoms with van der Waals surface area (Å²) in [7, 11) is 1.70. The molecule has 0 radical (unpaired) electrons. The zero-order valence-electron chi connectivity index (χ0n) is 16.7. The quantitative estimate of drug-likeness (QED) is 0.823. The summed E-state index contributed by atoms with van der Waals surface area (Å²) in [5.74, 6) is 1.38. The van der Waals surface area contributed by atoms with Crippen molar-refractivity contribution in [2.75, 3.05) is 7.11 Å². The van der Waals surface area contributed by atoms with Crippen molar-refractivity contribution in [1.82, 2.24) is 5.32 Å². The van der Waals surface area contributed by atoms with Gasteiger partial charge in [-0.1, -0.05) is 55.3 Å². The van der Waals surface area contributed by atoms with Gasteiger partial charge in [-0.3, -0.25) is 4.79 Å². The molecule has 4 rings (SSSR count). The standard InChI is InChI=1S/C24H29NO3/c1-16(26)25-21-15-24(28-23-10-6-4-8-20(21)23)18-13-11-17(12-14-18)19-7-3-5-9-22(19)27-2/h3,5,7,9,11-14,20-21,23-24H,4,6,8,10,15H2,1-2H3,(H,25,26)/t20-,21+,23+,24+/m0/s1. The van der Waals surface area contributed by atoms with E-state index in [2.05, 4.69) is 35.6 Å². The van der Waals surface area contributed by atoms with Crippen molar-refractivity contribution < 1.29 is 14.3 Å². The smallest absolute Gasteiger partial charge is 0.217 e. The number of nitrogens with one attached hydrogen (secondary N) is 1. The van der Waals surface area contributed by atoms with Gasteiger partial charge in [-0.2, -0.15) is 0 Å². The highest BCUT2D eigenvalue weighted by atomic mass is 16.5. The largest absolute Gasteiger partial charge is 0.496 e. The monoisotopic (exact) mass is 379 g/mol.